The molecule has 1 aromatic rings. The van der Waals surface area contributed by atoms with Crippen LogP contribution in [-0.2, 0) is 9.12 Å². The molecule has 0 fully saturated rings. The maximum atomic E-state index is 5.59. The van der Waals surface area contributed by atoms with Crippen molar-refractivity contribution in [3.8, 4) is 0 Å². The standard InChI is InChI=1S/C5H3BrCl3NS/c6-1-3-2-10-4(11-3)5(7,8)9/h2H,1H2. The molecule has 0 unspecified atom stereocenters. The van der Waals surface area contributed by atoms with Gasteiger partial charge in [0.05, 0.1) is 0 Å². The molecule has 0 bridgehead atoms. The van der Waals surface area contributed by atoms with Gasteiger partial charge in [-0.15, -0.1) is 11.3 Å². The summed E-state index contributed by atoms with van der Waals surface area (Å²) in [7, 11) is 0. The molecule has 11 heavy (non-hydrogen) atoms. The lowest BCUT2D eigenvalue weighted by Gasteiger charge is -2.03. The van der Waals surface area contributed by atoms with Crippen LogP contribution in [0, 0.1) is 0 Å². The molecule has 0 aliphatic rings. The second kappa shape index (κ2) is 3.79. The minimum Gasteiger partial charge on any atom is -0.245 e. The van der Waals surface area contributed by atoms with E-state index in [0.29, 0.717) is 5.01 Å². The van der Waals surface area contributed by atoms with Crippen molar-refractivity contribution < 1.29 is 0 Å². The minimum atomic E-state index is -1.38. The molecule has 0 aromatic carbocycles. The van der Waals surface area contributed by atoms with Crippen LogP contribution in [0.5, 0.6) is 0 Å². The van der Waals surface area contributed by atoms with Crippen molar-refractivity contribution in [2.75, 3.05) is 0 Å². The van der Waals surface area contributed by atoms with E-state index in [1.807, 2.05) is 0 Å². The molecule has 0 amide bonds. The molecule has 0 N–H and O–H groups in total. The van der Waals surface area contributed by atoms with E-state index < -0.39 is 3.79 Å². The van der Waals surface area contributed by atoms with Gasteiger partial charge in [-0.05, 0) is 0 Å². The molecule has 1 aromatic heterocycles. The summed E-state index contributed by atoms with van der Waals surface area (Å²) in [5.41, 5.74) is 0. The van der Waals surface area contributed by atoms with Gasteiger partial charge in [-0.25, -0.2) is 4.98 Å². The summed E-state index contributed by atoms with van der Waals surface area (Å²) < 4.78 is -1.38. The number of nitrogens with zero attached hydrogens (tertiary/aromatic N) is 1. The molecule has 1 heterocycles. The topological polar surface area (TPSA) is 12.9 Å². The van der Waals surface area contributed by atoms with E-state index in [0.717, 1.165) is 10.2 Å². The lowest BCUT2D eigenvalue weighted by Crippen LogP contribution is -1.97. The Balaban J connectivity index is 2.89. The SMILES string of the molecule is ClC(Cl)(Cl)c1ncc(CBr)s1. The summed E-state index contributed by atoms with van der Waals surface area (Å²) in [5, 5.41) is 1.25. The van der Waals surface area contributed by atoms with Crippen molar-refractivity contribution in [2.24, 2.45) is 0 Å². The Hall–Kier alpha value is 0.980. The number of hydrogen-bond donors (Lipinski definition) is 0. The summed E-state index contributed by atoms with van der Waals surface area (Å²) in [6, 6.07) is 0. The molecule has 62 valence electrons. The van der Waals surface area contributed by atoms with Gasteiger partial charge in [0, 0.05) is 16.4 Å². The number of rotatable bonds is 1. The summed E-state index contributed by atoms with van der Waals surface area (Å²) in [4.78, 5) is 5.00. The van der Waals surface area contributed by atoms with E-state index >= 15 is 0 Å². The van der Waals surface area contributed by atoms with Crippen molar-refractivity contribution in [3.05, 3.63) is 16.1 Å². The summed E-state index contributed by atoms with van der Waals surface area (Å²) in [6.45, 7) is 0. The first-order valence-corrected chi connectivity index (χ1v) is 5.69. The number of halogens is 4. The van der Waals surface area contributed by atoms with Crippen LogP contribution in [0.25, 0.3) is 0 Å². The van der Waals surface area contributed by atoms with Crippen LogP contribution in [0.2, 0.25) is 0 Å². The summed E-state index contributed by atoms with van der Waals surface area (Å²) in [6.07, 6.45) is 1.69. The van der Waals surface area contributed by atoms with Crippen molar-refractivity contribution in [3.63, 3.8) is 0 Å². The Kier molecular flexibility index (Phi) is 3.47. The normalized spacial score (nSPS) is 12.0. The largest absolute Gasteiger partial charge is 0.245 e. The monoisotopic (exact) mass is 293 g/mol. The van der Waals surface area contributed by atoms with Crippen LogP contribution in [0.1, 0.15) is 9.88 Å². The Morgan fingerprint density at radius 2 is 2.18 bits per heavy atom. The van der Waals surface area contributed by atoms with Gasteiger partial charge in [0.1, 0.15) is 5.01 Å². The third kappa shape index (κ3) is 2.74. The van der Waals surface area contributed by atoms with Gasteiger partial charge in [0.2, 0.25) is 3.79 Å². The van der Waals surface area contributed by atoms with E-state index in [4.69, 9.17) is 34.8 Å². The van der Waals surface area contributed by atoms with Gasteiger partial charge >= 0.3 is 0 Å². The van der Waals surface area contributed by atoms with Crippen molar-refractivity contribution in [1.29, 1.82) is 0 Å². The molecule has 0 aliphatic carbocycles. The molecule has 0 spiro atoms. The zero-order valence-electron chi connectivity index (χ0n) is 5.15. The lowest BCUT2D eigenvalue weighted by atomic mass is 10.6. The van der Waals surface area contributed by atoms with Crippen LogP contribution in [0.15, 0.2) is 6.20 Å². The number of alkyl halides is 4. The minimum absolute atomic E-state index is 0.511. The highest BCUT2D eigenvalue weighted by Gasteiger charge is 2.26. The number of hydrogen-bond acceptors (Lipinski definition) is 2. The first-order chi connectivity index (χ1) is 5.04. The summed E-state index contributed by atoms with van der Waals surface area (Å²) >= 11 is 21.4. The number of aromatic nitrogens is 1. The van der Waals surface area contributed by atoms with Gasteiger partial charge in [-0.3, -0.25) is 0 Å². The molecule has 1 rings (SSSR count). The van der Waals surface area contributed by atoms with E-state index in [2.05, 4.69) is 20.9 Å². The molecular weight excluding hydrogens is 292 g/mol. The van der Waals surface area contributed by atoms with Crippen LogP contribution >= 0.6 is 62.1 Å². The zero-order chi connectivity index (χ0) is 8.48. The molecule has 0 aliphatic heterocycles. The van der Waals surface area contributed by atoms with E-state index in [9.17, 15) is 0 Å². The first kappa shape index (κ1) is 10.1. The number of thiazole rings is 1. The zero-order valence-corrected chi connectivity index (χ0v) is 9.82. The van der Waals surface area contributed by atoms with Crippen LogP contribution in [-0.4, -0.2) is 4.98 Å². The summed E-state index contributed by atoms with van der Waals surface area (Å²) in [5.74, 6) is 0. The van der Waals surface area contributed by atoms with E-state index in [-0.39, 0.29) is 0 Å². The van der Waals surface area contributed by atoms with Crippen molar-refractivity contribution in [1.82, 2.24) is 4.98 Å². The van der Waals surface area contributed by atoms with Crippen molar-refractivity contribution >= 4 is 62.1 Å². The molecule has 1 nitrogen and oxygen atoms in total. The average molecular weight is 295 g/mol. The Labute approximate surface area is 91.8 Å². The Morgan fingerprint density at radius 1 is 1.55 bits per heavy atom. The fraction of sp³-hybridized carbons (Fsp3) is 0.400. The molecule has 0 radical (unpaired) electrons. The van der Waals surface area contributed by atoms with Crippen LogP contribution < -0.4 is 0 Å². The molecular formula is C5H3BrCl3NS. The predicted molar refractivity (Wildman–Crippen MR) is 54.0 cm³/mol. The van der Waals surface area contributed by atoms with E-state index in [1.54, 1.807) is 6.20 Å². The van der Waals surface area contributed by atoms with Crippen LogP contribution in [0.3, 0.4) is 0 Å². The Morgan fingerprint density at radius 3 is 2.45 bits per heavy atom. The molecule has 0 saturated heterocycles. The highest BCUT2D eigenvalue weighted by atomic mass is 79.9. The smallest absolute Gasteiger partial charge is 0.242 e. The third-order valence-corrected chi connectivity index (χ3v) is 3.89. The highest BCUT2D eigenvalue weighted by molar-refractivity contribution is 9.08. The van der Waals surface area contributed by atoms with Gasteiger partial charge < -0.3 is 0 Å². The first-order valence-electron chi connectivity index (χ1n) is 2.62. The third-order valence-electron chi connectivity index (χ3n) is 0.928. The predicted octanol–water partition coefficient (Wildman–Crippen LogP) is 3.86. The van der Waals surface area contributed by atoms with Crippen molar-refractivity contribution in [2.45, 2.75) is 9.12 Å². The van der Waals surface area contributed by atoms with Gasteiger partial charge in [-0.2, -0.15) is 0 Å². The molecule has 6 heteroatoms. The Bertz CT molecular complexity index is 244. The second-order valence-electron chi connectivity index (χ2n) is 1.76. The molecule has 0 atom stereocenters. The quantitative estimate of drug-likeness (QED) is 0.717. The maximum absolute atomic E-state index is 5.59. The average Bonchev–Trinajstić information content (AvgIpc) is 2.32. The second-order valence-corrected chi connectivity index (χ2v) is 5.72. The fourth-order valence-corrected chi connectivity index (χ4v) is 2.11. The molecule has 0 saturated carbocycles. The lowest BCUT2D eigenvalue weighted by molar-refractivity contribution is 1.16. The fourth-order valence-electron chi connectivity index (χ4n) is 0.500. The van der Waals surface area contributed by atoms with Gasteiger partial charge in [-0.1, -0.05) is 50.7 Å². The van der Waals surface area contributed by atoms with Gasteiger partial charge in [0.15, 0.2) is 0 Å². The highest BCUT2D eigenvalue weighted by Crippen LogP contribution is 2.40. The van der Waals surface area contributed by atoms with E-state index in [1.165, 1.54) is 11.3 Å². The van der Waals surface area contributed by atoms with Gasteiger partial charge in [0.25, 0.3) is 0 Å². The van der Waals surface area contributed by atoms with Crippen LogP contribution in [0.4, 0.5) is 0 Å². The maximum Gasteiger partial charge on any atom is 0.242 e.